The zero-order valence-electron chi connectivity index (χ0n) is 16.6. The standard InChI is InChI=1S/C20H29NO5S/c1-13(18(23)24)10-17(21-19(25)26-20(3,4)5)11-15-6-8-16(9-7-15)12-27-14(2)22/h6-9,13,17H,10-12H2,1-5H3,(H,21,25)(H,23,24). The summed E-state index contributed by atoms with van der Waals surface area (Å²) >= 11 is 1.25. The van der Waals surface area contributed by atoms with Gasteiger partial charge < -0.3 is 15.2 Å². The van der Waals surface area contributed by atoms with Crippen LogP contribution in [0, 0.1) is 5.92 Å². The molecule has 0 aromatic heterocycles. The third-order valence-electron chi connectivity index (χ3n) is 3.73. The molecule has 0 saturated heterocycles. The van der Waals surface area contributed by atoms with Gasteiger partial charge in [-0.25, -0.2) is 4.79 Å². The van der Waals surface area contributed by atoms with Gasteiger partial charge in [-0.3, -0.25) is 9.59 Å². The van der Waals surface area contributed by atoms with Crippen molar-refractivity contribution in [3.63, 3.8) is 0 Å². The summed E-state index contributed by atoms with van der Waals surface area (Å²) in [4.78, 5) is 34.3. The van der Waals surface area contributed by atoms with Crippen LogP contribution in [0.4, 0.5) is 4.79 Å². The van der Waals surface area contributed by atoms with E-state index in [0.717, 1.165) is 11.1 Å². The minimum Gasteiger partial charge on any atom is -0.481 e. The lowest BCUT2D eigenvalue weighted by Gasteiger charge is -2.24. The largest absolute Gasteiger partial charge is 0.481 e. The Morgan fingerprint density at radius 3 is 2.19 bits per heavy atom. The summed E-state index contributed by atoms with van der Waals surface area (Å²) in [5, 5.41) is 12.0. The maximum atomic E-state index is 12.1. The van der Waals surface area contributed by atoms with E-state index in [2.05, 4.69) is 5.32 Å². The lowest BCUT2D eigenvalue weighted by atomic mass is 9.96. The topological polar surface area (TPSA) is 92.7 Å². The summed E-state index contributed by atoms with van der Waals surface area (Å²) in [7, 11) is 0. The second-order valence-corrected chi connectivity index (χ2v) is 8.77. The molecule has 2 N–H and O–H groups in total. The zero-order chi connectivity index (χ0) is 20.6. The average molecular weight is 396 g/mol. The monoisotopic (exact) mass is 395 g/mol. The first-order valence-corrected chi connectivity index (χ1v) is 9.88. The summed E-state index contributed by atoms with van der Waals surface area (Å²) < 4.78 is 5.29. The maximum absolute atomic E-state index is 12.1. The van der Waals surface area contributed by atoms with E-state index in [1.807, 2.05) is 24.3 Å². The molecule has 150 valence electrons. The van der Waals surface area contributed by atoms with Gasteiger partial charge in [0.05, 0.1) is 5.92 Å². The molecule has 0 heterocycles. The summed E-state index contributed by atoms with van der Waals surface area (Å²) in [6, 6.07) is 7.40. The molecule has 2 atom stereocenters. The summed E-state index contributed by atoms with van der Waals surface area (Å²) in [6.45, 7) is 8.49. The zero-order valence-corrected chi connectivity index (χ0v) is 17.4. The Morgan fingerprint density at radius 2 is 1.70 bits per heavy atom. The molecule has 6 nitrogen and oxygen atoms in total. The number of rotatable bonds is 8. The van der Waals surface area contributed by atoms with Crippen LogP contribution in [0.5, 0.6) is 0 Å². The second-order valence-electron chi connectivity index (χ2n) is 7.62. The third-order valence-corrected chi connectivity index (χ3v) is 4.61. The van der Waals surface area contributed by atoms with Gasteiger partial charge in [0.25, 0.3) is 0 Å². The van der Waals surface area contributed by atoms with Crippen LogP contribution in [0.15, 0.2) is 24.3 Å². The van der Waals surface area contributed by atoms with Crippen molar-refractivity contribution in [3.05, 3.63) is 35.4 Å². The van der Waals surface area contributed by atoms with Crippen molar-refractivity contribution in [2.24, 2.45) is 5.92 Å². The molecule has 7 heteroatoms. The van der Waals surface area contributed by atoms with Crippen LogP contribution < -0.4 is 5.32 Å². The first kappa shape index (κ1) is 23.0. The molecule has 1 rings (SSSR count). The number of amides is 1. The predicted octanol–water partition coefficient (Wildman–Crippen LogP) is 4.01. The van der Waals surface area contributed by atoms with Crippen molar-refractivity contribution in [1.82, 2.24) is 5.32 Å². The van der Waals surface area contributed by atoms with Crippen LogP contribution in [-0.4, -0.2) is 33.9 Å². The number of carboxylic acid groups (broad SMARTS) is 1. The van der Waals surface area contributed by atoms with Crippen molar-refractivity contribution < 1.29 is 24.2 Å². The lowest BCUT2D eigenvalue weighted by molar-refractivity contribution is -0.141. The Balaban J connectivity index is 2.78. The van der Waals surface area contributed by atoms with E-state index in [4.69, 9.17) is 4.74 Å². The Bertz CT molecular complexity index is 651. The number of nitrogens with one attached hydrogen (secondary N) is 1. The average Bonchev–Trinajstić information content (AvgIpc) is 2.52. The number of alkyl carbamates (subject to hydrolysis) is 1. The van der Waals surface area contributed by atoms with E-state index in [-0.39, 0.29) is 11.2 Å². The molecule has 0 bridgehead atoms. The highest BCUT2D eigenvalue weighted by Gasteiger charge is 2.23. The van der Waals surface area contributed by atoms with Gasteiger partial charge in [-0.1, -0.05) is 43.0 Å². The highest BCUT2D eigenvalue weighted by atomic mass is 32.2. The molecule has 0 spiro atoms. The molecule has 0 saturated carbocycles. The van der Waals surface area contributed by atoms with E-state index >= 15 is 0 Å². The predicted molar refractivity (Wildman–Crippen MR) is 107 cm³/mol. The molecule has 2 unspecified atom stereocenters. The van der Waals surface area contributed by atoms with Crippen LogP contribution in [0.1, 0.15) is 52.2 Å². The Hall–Kier alpha value is -2.02. The molecular weight excluding hydrogens is 366 g/mol. The van der Waals surface area contributed by atoms with Crippen LogP contribution in [0.2, 0.25) is 0 Å². The first-order valence-electron chi connectivity index (χ1n) is 8.89. The lowest BCUT2D eigenvalue weighted by Crippen LogP contribution is -2.41. The molecule has 27 heavy (non-hydrogen) atoms. The maximum Gasteiger partial charge on any atom is 0.407 e. The second kappa shape index (κ2) is 10.3. The minimum absolute atomic E-state index is 0.0726. The number of aliphatic carboxylic acids is 1. The third kappa shape index (κ3) is 10.0. The number of carbonyl (C=O) groups excluding carboxylic acids is 2. The van der Waals surface area contributed by atoms with Gasteiger partial charge in [-0.2, -0.15) is 0 Å². The number of hydrogen-bond acceptors (Lipinski definition) is 5. The van der Waals surface area contributed by atoms with Crippen molar-refractivity contribution in [3.8, 4) is 0 Å². The van der Waals surface area contributed by atoms with E-state index in [1.54, 1.807) is 27.7 Å². The first-order chi connectivity index (χ1) is 12.5. The number of carboxylic acids is 1. The SMILES string of the molecule is CC(=O)SCc1ccc(CC(CC(C)C(=O)O)NC(=O)OC(C)(C)C)cc1. The van der Waals surface area contributed by atoms with Crippen LogP contribution >= 0.6 is 11.8 Å². The molecular formula is C20H29NO5S. The van der Waals surface area contributed by atoms with Crippen molar-refractivity contribution in [2.45, 2.75) is 64.9 Å². The number of benzene rings is 1. The summed E-state index contributed by atoms with van der Waals surface area (Å²) in [6.07, 6.45) is 0.243. The van der Waals surface area contributed by atoms with E-state index in [0.29, 0.717) is 18.6 Å². The molecule has 0 aliphatic rings. The number of carbonyl (C=O) groups is 3. The molecule has 0 radical (unpaired) electrons. The number of ether oxygens (including phenoxy) is 1. The fraction of sp³-hybridized carbons (Fsp3) is 0.550. The highest BCUT2D eigenvalue weighted by molar-refractivity contribution is 8.12. The fourth-order valence-electron chi connectivity index (χ4n) is 2.44. The van der Waals surface area contributed by atoms with Crippen molar-refractivity contribution >= 4 is 28.9 Å². The van der Waals surface area contributed by atoms with Gasteiger partial charge >= 0.3 is 12.1 Å². The molecule has 1 aromatic carbocycles. The van der Waals surface area contributed by atoms with Gasteiger partial charge in [0.2, 0.25) is 0 Å². The Morgan fingerprint density at radius 1 is 1.15 bits per heavy atom. The van der Waals surface area contributed by atoms with Crippen LogP contribution in [0.25, 0.3) is 0 Å². The molecule has 0 fully saturated rings. The number of hydrogen-bond donors (Lipinski definition) is 2. The quantitative estimate of drug-likeness (QED) is 0.691. The Kier molecular flexibility index (Phi) is 8.82. The van der Waals surface area contributed by atoms with E-state index < -0.39 is 23.6 Å². The Labute approximate surface area is 165 Å². The molecule has 0 aliphatic heterocycles. The van der Waals surface area contributed by atoms with Crippen molar-refractivity contribution in [2.75, 3.05) is 0 Å². The normalized spacial score (nSPS) is 13.5. The summed E-state index contributed by atoms with van der Waals surface area (Å²) in [5.74, 6) is -0.871. The highest BCUT2D eigenvalue weighted by Crippen LogP contribution is 2.17. The van der Waals surface area contributed by atoms with Gasteiger partial charge in [0, 0.05) is 18.7 Å². The van der Waals surface area contributed by atoms with Gasteiger partial charge in [0.15, 0.2) is 5.12 Å². The fourth-order valence-corrected chi connectivity index (χ4v) is 3.00. The minimum atomic E-state index is -0.900. The van der Waals surface area contributed by atoms with E-state index in [1.165, 1.54) is 18.7 Å². The smallest absolute Gasteiger partial charge is 0.407 e. The van der Waals surface area contributed by atoms with Gasteiger partial charge in [-0.15, -0.1) is 0 Å². The van der Waals surface area contributed by atoms with E-state index in [9.17, 15) is 19.5 Å². The van der Waals surface area contributed by atoms with Crippen LogP contribution in [-0.2, 0) is 26.5 Å². The number of thioether (sulfide) groups is 1. The molecule has 0 aliphatic carbocycles. The van der Waals surface area contributed by atoms with Gasteiger partial charge in [-0.05, 0) is 44.7 Å². The van der Waals surface area contributed by atoms with Crippen molar-refractivity contribution in [1.29, 1.82) is 0 Å². The molecule has 1 amide bonds. The van der Waals surface area contributed by atoms with Gasteiger partial charge in [0.1, 0.15) is 5.60 Å². The van der Waals surface area contributed by atoms with Crippen LogP contribution in [0.3, 0.4) is 0 Å². The summed E-state index contributed by atoms with van der Waals surface area (Å²) in [5.41, 5.74) is 1.39. The molecule has 1 aromatic rings.